The molecule has 0 saturated carbocycles. The summed E-state index contributed by atoms with van der Waals surface area (Å²) in [6.45, 7) is 9.14. The van der Waals surface area contributed by atoms with E-state index in [0.29, 0.717) is 31.8 Å². The van der Waals surface area contributed by atoms with Crippen LogP contribution in [0, 0.1) is 12.8 Å². The minimum Gasteiger partial charge on any atom is -0.481 e. The van der Waals surface area contributed by atoms with E-state index >= 15 is 0 Å². The fourth-order valence-electron chi connectivity index (χ4n) is 3.10. The third kappa shape index (κ3) is 4.28. The SMILES string of the molecule is Cc1ccc(C(C)C)c(OC(C)C(=O)N2CCC(C(N)=O)CC2)c1. The summed E-state index contributed by atoms with van der Waals surface area (Å²) in [7, 11) is 0. The molecule has 24 heavy (non-hydrogen) atoms. The van der Waals surface area contributed by atoms with E-state index < -0.39 is 6.10 Å². The molecule has 1 saturated heterocycles. The van der Waals surface area contributed by atoms with Crippen LogP contribution in [0.2, 0.25) is 0 Å². The molecule has 1 aromatic carbocycles. The van der Waals surface area contributed by atoms with Crippen molar-refractivity contribution in [3.8, 4) is 5.75 Å². The van der Waals surface area contributed by atoms with Gasteiger partial charge in [0.05, 0.1) is 0 Å². The second kappa shape index (κ2) is 7.69. The zero-order chi connectivity index (χ0) is 17.9. The number of aryl methyl sites for hydroxylation is 1. The van der Waals surface area contributed by atoms with Crippen LogP contribution in [-0.4, -0.2) is 35.9 Å². The van der Waals surface area contributed by atoms with Gasteiger partial charge in [0.2, 0.25) is 5.91 Å². The number of rotatable bonds is 5. The Bertz CT molecular complexity index is 605. The summed E-state index contributed by atoms with van der Waals surface area (Å²) in [4.78, 5) is 25.6. The van der Waals surface area contributed by atoms with Crippen molar-refractivity contribution in [1.29, 1.82) is 0 Å². The second-order valence-electron chi connectivity index (χ2n) is 6.96. The van der Waals surface area contributed by atoms with Gasteiger partial charge in [0.1, 0.15) is 5.75 Å². The molecule has 1 atom stereocenters. The van der Waals surface area contributed by atoms with E-state index in [1.807, 2.05) is 13.0 Å². The molecular formula is C19H28N2O3. The summed E-state index contributed by atoms with van der Waals surface area (Å²) in [5, 5.41) is 0. The fourth-order valence-corrected chi connectivity index (χ4v) is 3.10. The number of piperidine rings is 1. The molecule has 132 valence electrons. The molecule has 2 N–H and O–H groups in total. The summed E-state index contributed by atoms with van der Waals surface area (Å²) in [5.41, 5.74) is 7.55. The molecule has 5 heteroatoms. The molecule has 0 spiro atoms. The quantitative estimate of drug-likeness (QED) is 0.901. The molecule has 1 unspecified atom stereocenters. The lowest BCUT2D eigenvalue weighted by Gasteiger charge is -2.32. The number of nitrogens with two attached hydrogens (primary N) is 1. The second-order valence-corrected chi connectivity index (χ2v) is 6.96. The summed E-state index contributed by atoms with van der Waals surface area (Å²) in [5.74, 6) is 0.684. The summed E-state index contributed by atoms with van der Waals surface area (Å²) in [6, 6.07) is 6.10. The number of carbonyl (C=O) groups excluding carboxylic acids is 2. The number of likely N-dealkylation sites (tertiary alicyclic amines) is 1. The third-order valence-corrected chi connectivity index (χ3v) is 4.65. The zero-order valence-electron chi connectivity index (χ0n) is 15.0. The predicted octanol–water partition coefficient (Wildman–Crippen LogP) is 2.61. The van der Waals surface area contributed by atoms with Crippen LogP contribution < -0.4 is 10.5 Å². The average Bonchev–Trinajstić information content (AvgIpc) is 2.54. The van der Waals surface area contributed by atoms with Crippen LogP contribution >= 0.6 is 0 Å². The van der Waals surface area contributed by atoms with E-state index in [2.05, 4.69) is 26.0 Å². The van der Waals surface area contributed by atoms with Crippen LogP contribution in [-0.2, 0) is 9.59 Å². The number of carbonyl (C=O) groups is 2. The van der Waals surface area contributed by atoms with Gasteiger partial charge in [-0.2, -0.15) is 0 Å². The monoisotopic (exact) mass is 332 g/mol. The molecule has 2 amide bonds. The van der Waals surface area contributed by atoms with Gasteiger partial charge in [-0.15, -0.1) is 0 Å². The van der Waals surface area contributed by atoms with Gasteiger partial charge in [-0.3, -0.25) is 9.59 Å². The Balaban J connectivity index is 2.02. The number of amides is 2. The first kappa shape index (κ1) is 18.3. The minimum absolute atomic E-state index is 0.0332. The summed E-state index contributed by atoms with van der Waals surface area (Å²) < 4.78 is 5.99. The maximum Gasteiger partial charge on any atom is 0.263 e. The van der Waals surface area contributed by atoms with E-state index in [0.717, 1.165) is 16.9 Å². The first-order valence-electron chi connectivity index (χ1n) is 8.65. The largest absolute Gasteiger partial charge is 0.481 e. The van der Waals surface area contributed by atoms with Crippen LogP contribution in [0.1, 0.15) is 50.7 Å². The van der Waals surface area contributed by atoms with Crippen molar-refractivity contribution in [3.63, 3.8) is 0 Å². The van der Waals surface area contributed by atoms with Crippen molar-refractivity contribution < 1.29 is 14.3 Å². The highest BCUT2D eigenvalue weighted by Crippen LogP contribution is 2.29. The highest BCUT2D eigenvalue weighted by Gasteiger charge is 2.29. The molecule has 2 rings (SSSR count). The lowest BCUT2D eigenvalue weighted by atomic mass is 9.96. The molecule has 1 heterocycles. The molecule has 5 nitrogen and oxygen atoms in total. The predicted molar refractivity (Wildman–Crippen MR) is 93.9 cm³/mol. The molecule has 0 radical (unpaired) electrons. The maximum absolute atomic E-state index is 12.6. The Morgan fingerprint density at radius 3 is 2.38 bits per heavy atom. The van der Waals surface area contributed by atoms with Crippen molar-refractivity contribution in [2.24, 2.45) is 11.7 Å². The maximum atomic E-state index is 12.6. The third-order valence-electron chi connectivity index (χ3n) is 4.65. The Labute approximate surface area is 144 Å². The van der Waals surface area contributed by atoms with Gasteiger partial charge in [0.15, 0.2) is 6.10 Å². The van der Waals surface area contributed by atoms with E-state index in [-0.39, 0.29) is 17.7 Å². The molecular weight excluding hydrogens is 304 g/mol. The lowest BCUT2D eigenvalue weighted by Crippen LogP contribution is -2.46. The van der Waals surface area contributed by atoms with Crippen molar-refractivity contribution in [2.75, 3.05) is 13.1 Å². The summed E-state index contributed by atoms with van der Waals surface area (Å²) >= 11 is 0. The highest BCUT2D eigenvalue weighted by molar-refractivity contribution is 5.82. The number of nitrogens with zero attached hydrogens (tertiary/aromatic N) is 1. The molecule has 0 aromatic heterocycles. The van der Waals surface area contributed by atoms with Gasteiger partial charge in [-0.25, -0.2) is 0 Å². The minimum atomic E-state index is -0.547. The van der Waals surface area contributed by atoms with E-state index in [9.17, 15) is 9.59 Å². The molecule has 1 fully saturated rings. The van der Waals surface area contributed by atoms with Crippen LogP contribution in [0.5, 0.6) is 5.75 Å². The van der Waals surface area contributed by atoms with Gasteiger partial charge in [0.25, 0.3) is 5.91 Å². The van der Waals surface area contributed by atoms with Gasteiger partial charge < -0.3 is 15.4 Å². The van der Waals surface area contributed by atoms with Crippen molar-refractivity contribution in [1.82, 2.24) is 4.90 Å². The van der Waals surface area contributed by atoms with Gasteiger partial charge in [-0.1, -0.05) is 26.0 Å². The first-order chi connectivity index (χ1) is 11.3. The van der Waals surface area contributed by atoms with Gasteiger partial charge >= 0.3 is 0 Å². The van der Waals surface area contributed by atoms with E-state index in [1.54, 1.807) is 11.8 Å². The highest BCUT2D eigenvalue weighted by atomic mass is 16.5. The van der Waals surface area contributed by atoms with Crippen LogP contribution in [0.4, 0.5) is 0 Å². The van der Waals surface area contributed by atoms with Crippen molar-refractivity contribution in [2.45, 2.75) is 52.6 Å². The van der Waals surface area contributed by atoms with Crippen molar-refractivity contribution in [3.05, 3.63) is 29.3 Å². The zero-order valence-corrected chi connectivity index (χ0v) is 15.0. The van der Waals surface area contributed by atoms with Gasteiger partial charge in [0, 0.05) is 19.0 Å². The normalized spacial score (nSPS) is 17.0. The molecule has 1 aliphatic rings. The number of primary amides is 1. The number of hydrogen-bond acceptors (Lipinski definition) is 3. The first-order valence-corrected chi connectivity index (χ1v) is 8.65. The standard InChI is InChI=1S/C19H28N2O3/c1-12(2)16-6-5-13(3)11-17(16)24-14(4)19(23)21-9-7-15(8-10-21)18(20)22/h5-6,11-12,14-15H,7-10H2,1-4H3,(H2,20,22). The molecule has 0 bridgehead atoms. The fraction of sp³-hybridized carbons (Fsp3) is 0.579. The van der Waals surface area contributed by atoms with E-state index in [4.69, 9.17) is 10.5 Å². The molecule has 0 aliphatic carbocycles. The van der Waals surface area contributed by atoms with Gasteiger partial charge in [-0.05, 0) is 49.8 Å². The van der Waals surface area contributed by atoms with Crippen LogP contribution in [0.3, 0.4) is 0 Å². The Hall–Kier alpha value is -2.04. The van der Waals surface area contributed by atoms with E-state index in [1.165, 1.54) is 0 Å². The Morgan fingerprint density at radius 1 is 1.21 bits per heavy atom. The number of hydrogen-bond donors (Lipinski definition) is 1. The van der Waals surface area contributed by atoms with Crippen LogP contribution in [0.15, 0.2) is 18.2 Å². The Morgan fingerprint density at radius 2 is 1.83 bits per heavy atom. The average molecular weight is 332 g/mol. The van der Waals surface area contributed by atoms with Crippen LogP contribution in [0.25, 0.3) is 0 Å². The topological polar surface area (TPSA) is 72.6 Å². The lowest BCUT2D eigenvalue weighted by molar-refractivity contribution is -0.140. The smallest absolute Gasteiger partial charge is 0.263 e. The molecule has 1 aromatic rings. The number of ether oxygens (including phenoxy) is 1. The Kier molecular flexibility index (Phi) is 5.86. The van der Waals surface area contributed by atoms with Crippen molar-refractivity contribution >= 4 is 11.8 Å². The summed E-state index contributed by atoms with van der Waals surface area (Å²) in [6.07, 6.45) is 0.722. The molecule has 1 aliphatic heterocycles. The number of benzene rings is 1.